The highest BCUT2D eigenvalue weighted by atomic mass is 16.4. The fourth-order valence-electron chi connectivity index (χ4n) is 3.65. The molecule has 3 rings (SSSR count). The van der Waals surface area contributed by atoms with Crippen molar-refractivity contribution in [3.05, 3.63) is 70.3 Å². The van der Waals surface area contributed by atoms with Crippen LogP contribution in [0.5, 0.6) is 0 Å². The first-order valence-electron chi connectivity index (χ1n) is 9.72. The van der Waals surface area contributed by atoms with Crippen LogP contribution in [0.3, 0.4) is 0 Å². The molecule has 1 aliphatic carbocycles. The first-order chi connectivity index (χ1) is 13.5. The van der Waals surface area contributed by atoms with Gasteiger partial charge in [0.1, 0.15) is 11.8 Å². The number of carbonyl (C=O) groups excluding carboxylic acids is 2. The minimum absolute atomic E-state index is 0.166. The van der Waals surface area contributed by atoms with Gasteiger partial charge in [0.15, 0.2) is 0 Å². The summed E-state index contributed by atoms with van der Waals surface area (Å²) in [6, 6.07) is 12.0. The molecule has 2 aromatic rings. The van der Waals surface area contributed by atoms with Crippen molar-refractivity contribution in [3.63, 3.8) is 0 Å². The summed E-state index contributed by atoms with van der Waals surface area (Å²) in [5, 5.41) is 12.2. The topological polar surface area (TPSA) is 83.5 Å². The van der Waals surface area contributed by atoms with Gasteiger partial charge in [0.2, 0.25) is 0 Å². The van der Waals surface area contributed by atoms with Crippen molar-refractivity contribution in [2.45, 2.75) is 51.5 Å². The minimum atomic E-state index is -1.06. The number of aliphatic carboxylic acids is 1. The number of rotatable bonds is 8. The molecule has 28 heavy (non-hydrogen) atoms. The summed E-state index contributed by atoms with van der Waals surface area (Å²) < 4.78 is 0. The van der Waals surface area contributed by atoms with Gasteiger partial charge in [0.05, 0.1) is 0 Å². The van der Waals surface area contributed by atoms with E-state index in [2.05, 4.69) is 5.32 Å². The number of nitrogens with one attached hydrogen (secondary N) is 1. The highest BCUT2D eigenvalue weighted by Crippen LogP contribution is 2.25. The van der Waals surface area contributed by atoms with Gasteiger partial charge in [-0.05, 0) is 47.6 Å². The van der Waals surface area contributed by atoms with Crippen molar-refractivity contribution in [2.24, 2.45) is 0 Å². The highest BCUT2D eigenvalue weighted by Gasteiger charge is 2.24. The lowest BCUT2D eigenvalue weighted by Gasteiger charge is -2.16. The molecule has 0 bridgehead atoms. The van der Waals surface area contributed by atoms with E-state index in [0.29, 0.717) is 18.4 Å². The Morgan fingerprint density at radius 3 is 2.43 bits per heavy atom. The van der Waals surface area contributed by atoms with Crippen LogP contribution in [-0.4, -0.2) is 28.8 Å². The molecule has 0 saturated heterocycles. The van der Waals surface area contributed by atoms with Crippen LogP contribution in [0, 0.1) is 0 Å². The second kappa shape index (κ2) is 8.83. The molecule has 0 unspecified atom stereocenters. The summed E-state index contributed by atoms with van der Waals surface area (Å²) in [7, 11) is 0. The molecule has 2 aromatic carbocycles. The number of benzene rings is 2. The lowest BCUT2D eigenvalue weighted by atomic mass is 10.00. The molecule has 0 saturated carbocycles. The van der Waals surface area contributed by atoms with Crippen molar-refractivity contribution in [2.75, 3.05) is 0 Å². The molecule has 1 aliphatic rings. The van der Waals surface area contributed by atoms with Crippen LogP contribution in [0.25, 0.3) is 0 Å². The third-order valence-electron chi connectivity index (χ3n) is 5.25. The van der Waals surface area contributed by atoms with Crippen molar-refractivity contribution in [3.8, 4) is 0 Å². The van der Waals surface area contributed by atoms with Gasteiger partial charge >= 0.3 is 5.97 Å². The molecule has 0 aromatic heterocycles. The van der Waals surface area contributed by atoms with Crippen molar-refractivity contribution >= 4 is 17.7 Å². The number of hydrogen-bond donors (Lipinski definition) is 2. The molecule has 2 N–H and O–H groups in total. The van der Waals surface area contributed by atoms with Crippen LogP contribution < -0.4 is 5.32 Å². The van der Waals surface area contributed by atoms with Crippen LogP contribution in [-0.2, 0) is 35.3 Å². The molecule has 5 heteroatoms. The number of amides is 1. The Morgan fingerprint density at radius 2 is 1.75 bits per heavy atom. The maximum atomic E-state index is 12.7. The van der Waals surface area contributed by atoms with E-state index in [0.717, 1.165) is 36.0 Å². The lowest BCUT2D eigenvalue weighted by molar-refractivity contribution is -0.139. The first-order valence-corrected chi connectivity index (χ1v) is 9.72. The van der Waals surface area contributed by atoms with E-state index in [9.17, 15) is 19.5 Å². The molecule has 0 fully saturated rings. The number of ketones is 1. The second-order valence-corrected chi connectivity index (χ2v) is 7.25. The van der Waals surface area contributed by atoms with Crippen LogP contribution in [0.2, 0.25) is 0 Å². The lowest BCUT2D eigenvalue weighted by Crippen LogP contribution is -2.42. The molecule has 5 nitrogen and oxygen atoms in total. The molecule has 0 heterocycles. The van der Waals surface area contributed by atoms with E-state index in [1.807, 2.05) is 43.3 Å². The van der Waals surface area contributed by atoms with E-state index >= 15 is 0 Å². The number of carbonyl (C=O) groups is 3. The summed E-state index contributed by atoms with van der Waals surface area (Å²) in [6.45, 7) is 1.83. The molecule has 1 amide bonds. The Morgan fingerprint density at radius 1 is 1.04 bits per heavy atom. The maximum Gasteiger partial charge on any atom is 0.326 e. The number of hydrogen-bond acceptors (Lipinski definition) is 3. The fraction of sp³-hybridized carbons (Fsp3) is 0.348. The SMILES string of the molecule is CCC(=O)Cc1ccc(C[C@@H](NC(=O)c2cccc3c2CCC3)C(=O)O)cc1. The third kappa shape index (κ3) is 4.66. The molecule has 0 aliphatic heterocycles. The predicted octanol–water partition coefficient (Wildman–Crippen LogP) is 3.12. The van der Waals surface area contributed by atoms with Gasteiger partial charge in [0.25, 0.3) is 5.91 Å². The van der Waals surface area contributed by atoms with Gasteiger partial charge in [-0.1, -0.05) is 43.3 Å². The Bertz CT molecular complexity index is 886. The van der Waals surface area contributed by atoms with Crippen LogP contribution >= 0.6 is 0 Å². The highest BCUT2D eigenvalue weighted by molar-refractivity contribution is 5.98. The number of fused-ring (bicyclic) bond motifs is 1. The predicted molar refractivity (Wildman–Crippen MR) is 107 cm³/mol. The Kier molecular flexibility index (Phi) is 6.24. The largest absolute Gasteiger partial charge is 0.480 e. The molecule has 1 atom stereocenters. The number of carboxylic acids is 1. The van der Waals surface area contributed by atoms with E-state index in [-0.39, 0.29) is 18.1 Å². The summed E-state index contributed by atoms with van der Waals surface area (Å²) in [6.07, 6.45) is 3.92. The van der Waals surface area contributed by atoms with Gasteiger partial charge in [-0.15, -0.1) is 0 Å². The van der Waals surface area contributed by atoms with Crippen molar-refractivity contribution in [1.82, 2.24) is 5.32 Å². The van der Waals surface area contributed by atoms with Gasteiger partial charge in [-0.25, -0.2) is 4.79 Å². The second-order valence-electron chi connectivity index (χ2n) is 7.25. The number of aryl methyl sites for hydroxylation is 1. The molecular formula is C23H25NO4. The van der Waals surface area contributed by atoms with E-state index in [1.165, 1.54) is 5.56 Å². The quantitative estimate of drug-likeness (QED) is 0.738. The summed E-state index contributed by atoms with van der Waals surface area (Å²) >= 11 is 0. The Hall–Kier alpha value is -2.95. The summed E-state index contributed by atoms with van der Waals surface area (Å²) in [4.78, 5) is 35.9. The smallest absolute Gasteiger partial charge is 0.326 e. The maximum absolute atomic E-state index is 12.7. The summed E-state index contributed by atoms with van der Waals surface area (Å²) in [5.74, 6) is -1.23. The van der Waals surface area contributed by atoms with Gasteiger partial charge in [-0.2, -0.15) is 0 Å². The zero-order valence-electron chi connectivity index (χ0n) is 16.0. The molecule has 0 radical (unpaired) electrons. The van der Waals surface area contributed by atoms with E-state index in [4.69, 9.17) is 0 Å². The zero-order chi connectivity index (χ0) is 20.1. The van der Waals surface area contributed by atoms with E-state index < -0.39 is 12.0 Å². The number of Topliss-reactive ketones (excluding diaryl/α,β-unsaturated/α-hetero) is 1. The zero-order valence-corrected chi connectivity index (χ0v) is 16.0. The minimum Gasteiger partial charge on any atom is -0.480 e. The van der Waals surface area contributed by atoms with Crippen molar-refractivity contribution in [1.29, 1.82) is 0 Å². The first kappa shape index (κ1) is 19.8. The average Bonchev–Trinajstić information content (AvgIpc) is 3.17. The van der Waals surface area contributed by atoms with Crippen LogP contribution in [0.1, 0.15) is 52.4 Å². The standard InChI is InChI=1S/C23H25NO4/c1-2-18(25)13-15-9-11-16(12-10-15)14-21(23(27)28)24-22(26)20-8-4-6-17-5-3-7-19(17)20/h4,6,8-12,21H,2-3,5,7,13-14H2,1H3,(H,24,26)(H,27,28)/t21-/m1/s1. The van der Waals surface area contributed by atoms with Gasteiger partial charge in [-0.3, -0.25) is 9.59 Å². The monoisotopic (exact) mass is 379 g/mol. The Balaban J connectivity index is 1.69. The van der Waals surface area contributed by atoms with Crippen LogP contribution in [0.4, 0.5) is 0 Å². The third-order valence-corrected chi connectivity index (χ3v) is 5.25. The Labute approximate surface area is 164 Å². The molecule has 146 valence electrons. The normalized spacial score (nSPS) is 13.6. The number of carboxylic acid groups (broad SMARTS) is 1. The van der Waals surface area contributed by atoms with Crippen LogP contribution in [0.15, 0.2) is 42.5 Å². The van der Waals surface area contributed by atoms with Gasteiger partial charge in [0, 0.05) is 24.8 Å². The van der Waals surface area contributed by atoms with Crippen molar-refractivity contribution < 1.29 is 19.5 Å². The fourth-order valence-corrected chi connectivity index (χ4v) is 3.65. The molecular weight excluding hydrogens is 354 g/mol. The van der Waals surface area contributed by atoms with E-state index in [1.54, 1.807) is 6.07 Å². The van der Waals surface area contributed by atoms with Gasteiger partial charge < -0.3 is 10.4 Å². The molecule has 0 spiro atoms. The average molecular weight is 379 g/mol. The summed E-state index contributed by atoms with van der Waals surface area (Å²) in [5.41, 5.74) is 4.51.